The molecule has 0 aliphatic carbocycles. The number of carboxylic acid groups (broad SMARTS) is 1. The van der Waals surface area contributed by atoms with E-state index >= 15 is 0 Å². The maximum Gasteiger partial charge on any atom is 0.336 e. The zero-order chi connectivity index (χ0) is 22.5. The number of aromatic carboxylic acids is 1. The number of rotatable bonds is 5. The first kappa shape index (κ1) is 21.1. The Labute approximate surface area is 188 Å². The van der Waals surface area contributed by atoms with Crippen molar-refractivity contribution in [2.24, 2.45) is 0 Å². The zero-order valence-electron chi connectivity index (χ0n) is 18.1. The summed E-state index contributed by atoms with van der Waals surface area (Å²) in [5, 5.41) is 9.42. The van der Waals surface area contributed by atoms with Gasteiger partial charge in [0.25, 0.3) is 0 Å². The summed E-state index contributed by atoms with van der Waals surface area (Å²) in [6.07, 6.45) is 5.59. The quantitative estimate of drug-likeness (QED) is 0.414. The number of hydrogen-bond donors (Lipinski definition) is 1. The van der Waals surface area contributed by atoms with Gasteiger partial charge >= 0.3 is 5.97 Å². The average Bonchev–Trinajstić information content (AvgIpc) is 3.31. The summed E-state index contributed by atoms with van der Waals surface area (Å²) in [7, 11) is 0. The predicted octanol–water partition coefficient (Wildman–Crippen LogP) is 5.82. The lowest BCUT2D eigenvalue weighted by atomic mass is 9.94. The fourth-order valence-electron chi connectivity index (χ4n) is 3.73. The summed E-state index contributed by atoms with van der Waals surface area (Å²) in [5.41, 5.74) is 6.27. The van der Waals surface area contributed by atoms with Crippen molar-refractivity contribution in [1.82, 2.24) is 9.55 Å². The molecule has 1 N–H and O–H groups in total. The summed E-state index contributed by atoms with van der Waals surface area (Å²) in [6.45, 7) is 5.18. The fraction of sp³-hybridized carbons (Fsp3) is 0.143. The monoisotopic (exact) mass is 420 g/mol. The molecule has 0 aliphatic heterocycles. The zero-order valence-corrected chi connectivity index (χ0v) is 18.1. The van der Waals surface area contributed by atoms with E-state index in [1.807, 2.05) is 48.9 Å². The molecule has 0 spiro atoms. The van der Waals surface area contributed by atoms with Gasteiger partial charge in [0.2, 0.25) is 0 Å². The Kier molecular flexibility index (Phi) is 6.19. The number of nitrogens with zero attached hydrogens (tertiary/aromatic N) is 2. The van der Waals surface area contributed by atoms with Crippen LogP contribution in [0.1, 0.15) is 52.4 Å². The van der Waals surface area contributed by atoms with Crippen molar-refractivity contribution in [3.8, 4) is 23.0 Å². The van der Waals surface area contributed by atoms with Crippen LogP contribution >= 0.6 is 0 Å². The molecule has 158 valence electrons. The first-order valence-corrected chi connectivity index (χ1v) is 10.5. The number of carbonyl (C=O) groups is 1. The first-order chi connectivity index (χ1) is 15.5. The maximum absolute atomic E-state index is 11.5. The molecule has 0 saturated carbocycles. The first-order valence-electron chi connectivity index (χ1n) is 10.5. The second-order valence-electron chi connectivity index (χ2n) is 7.98. The largest absolute Gasteiger partial charge is 0.478 e. The lowest BCUT2D eigenvalue weighted by Crippen LogP contribution is -2.03. The number of carboxylic acids is 1. The minimum atomic E-state index is -0.929. The average molecular weight is 421 g/mol. The number of hydrogen-bond acceptors (Lipinski definition) is 2. The van der Waals surface area contributed by atoms with Gasteiger partial charge in [-0.25, -0.2) is 9.78 Å². The van der Waals surface area contributed by atoms with E-state index < -0.39 is 5.97 Å². The predicted molar refractivity (Wildman–Crippen MR) is 127 cm³/mol. The van der Waals surface area contributed by atoms with Crippen molar-refractivity contribution in [1.29, 1.82) is 0 Å². The Balaban J connectivity index is 1.57. The Morgan fingerprint density at radius 3 is 2.41 bits per heavy atom. The second kappa shape index (κ2) is 9.36. The maximum atomic E-state index is 11.5. The molecule has 1 aromatic heterocycles. The minimum Gasteiger partial charge on any atom is -0.478 e. The van der Waals surface area contributed by atoms with Gasteiger partial charge in [-0.15, -0.1) is 0 Å². The molecule has 0 unspecified atom stereocenters. The van der Waals surface area contributed by atoms with Gasteiger partial charge in [0.1, 0.15) is 0 Å². The minimum absolute atomic E-state index is 0.295. The van der Waals surface area contributed by atoms with E-state index in [4.69, 9.17) is 0 Å². The molecule has 0 bridgehead atoms. The van der Waals surface area contributed by atoms with Gasteiger partial charge in [0.15, 0.2) is 0 Å². The highest BCUT2D eigenvalue weighted by Crippen LogP contribution is 2.24. The van der Waals surface area contributed by atoms with E-state index in [2.05, 4.69) is 53.4 Å². The molecule has 4 rings (SSSR count). The Hall–Kier alpha value is -4.10. The van der Waals surface area contributed by atoms with Gasteiger partial charge < -0.3 is 9.67 Å². The van der Waals surface area contributed by atoms with E-state index in [0.29, 0.717) is 17.0 Å². The summed E-state index contributed by atoms with van der Waals surface area (Å²) in [4.78, 5) is 15.6. The molecule has 4 aromatic rings. The lowest BCUT2D eigenvalue weighted by molar-refractivity contribution is 0.0697. The van der Waals surface area contributed by atoms with Crippen molar-refractivity contribution < 1.29 is 9.90 Å². The number of aromatic nitrogens is 2. The highest BCUT2D eigenvalue weighted by Gasteiger charge is 2.10. The third-order valence-electron chi connectivity index (χ3n) is 5.38. The Morgan fingerprint density at radius 1 is 1.00 bits per heavy atom. The van der Waals surface area contributed by atoms with Gasteiger partial charge in [-0.2, -0.15) is 0 Å². The molecule has 1 heterocycles. The van der Waals surface area contributed by atoms with Gasteiger partial charge in [-0.1, -0.05) is 62.1 Å². The van der Waals surface area contributed by atoms with Crippen molar-refractivity contribution in [2.75, 3.05) is 0 Å². The van der Waals surface area contributed by atoms with E-state index in [9.17, 15) is 9.90 Å². The fourth-order valence-corrected chi connectivity index (χ4v) is 3.73. The third kappa shape index (κ3) is 4.79. The van der Waals surface area contributed by atoms with Crippen LogP contribution in [0.5, 0.6) is 0 Å². The molecule has 0 amide bonds. The molecule has 32 heavy (non-hydrogen) atoms. The van der Waals surface area contributed by atoms with Crippen LogP contribution in [0.25, 0.3) is 11.1 Å². The van der Waals surface area contributed by atoms with E-state index in [1.54, 1.807) is 18.3 Å². The van der Waals surface area contributed by atoms with Crippen LogP contribution in [-0.4, -0.2) is 20.6 Å². The third-order valence-corrected chi connectivity index (χ3v) is 5.38. The van der Waals surface area contributed by atoms with E-state index in [1.165, 1.54) is 11.1 Å². The molecule has 4 heteroatoms. The van der Waals surface area contributed by atoms with Crippen LogP contribution in [0.3, 0.4) is 0 Å². The Bertz CT molecular complexity index is 1290. The summed E-state index contributed by atoms with van der Waals surface area (Å²) < 4.78 is 2.07. The van der Waals surface area contributed by atoms with Crippen LogP contribution < -0.4 is 0 Å². The Morgan fingerprint density at radius 2 is 1.72 bits per heavy atom. The van der Waals surface area contributed by atoms with Crippen molar-refractivity contribution >= 4 is 5.97 Å². The van der Waals surface area contributed by atoms with Gasteiger partial charge in [0, 0.05) is 30.1 Å². The lowest BCUT2D eigenvalue weighted by Gasteiger charge is -2.14. The normalized spacial score (nSPS) is 10.6. The van der Waals surface area contributed by atoms with Gasteiger partial charge in [0.05, 0.1) is 11.9 Å². The van der Waals surface area contributed by atoms with Crippen molar-refractivity contribution in [3.05, 3.63) is 113 Å². The van der Waals surface area contributed by atoms with E-state index in [-0.39, 0.29) is 0 Å². The molecule has 0 atom stereocenters. The van der Waals surface area contributed by atoms with E-state index in [0.717, 1.165) is 23.2 Å². The summed E-state index contributed by atoms with van der Waals surface area (Å²) in [6, 6.07) is 21.1. The smallest absolute Gasteiger partial charge is 0.336 e. The highest BCUT2D eigenvalue weighted by atomic mass is 16.4. The van der Waals surface area contributed by atoms with Crippen molar-refractivity contribution in [2.45, 2.75) is 26.3 Å². The van der Waals surface area contributed by atoms with Crippen LogP contribution in [0.15, 0.2) is 85.5 Å². The van der Waals surface area contributed by atoms with Crippen LogP contribution in [0.2, 0.25) is 0 Å². The molecule has 0 saturated heterocycles. The molecular formula is C28H24N2O2. The molecule has 3 aromatic carbocycles. The van der Waals surface area contributed by atoms with Gasteiger partial charge in [-0.05, 0) is 58.5 Å². The summed E-state index contributed by atoms with van der Waals surface area (Å²) in [5.74, 6) is 5.96. The number of imidazole rings is 1. The van der Waals surface area contributed by atoms with Crippen molar-refractivity contribution in [3.63, 3.8) is 0 Å². The highest BCUT2D eigenvalue weighted by molar-refractivity contribution is 5.96. The molecule has 0 radical (unpaired) electrons. The molecular weight excluding hydrogens is 396 g/mol. The second-order valence-corrected chi connectivity index (χ2v) is 7.98. The molecule has 0 fully saturated rings. The van der Waals surface area contributed by atoms with Crippen LogP contribution in [0, 0.1) is 11.8 Å². The van der Waals surface area contributed by atoms with Crippen LogP contribution in [-0.2, 0) is 6.54 Å². The standard InChI is InChI=1S/C28H24N2O2/c1-20(2)27-17-22(11-14-24(27)18-30-16-15-29-19-30)8-7-21-9-12-23(13-10-21)25-5-3-4-6-26(25)28(31)32/h3-6,9-17,19-20H,18H2,1-2H3,(H,31,32). The van der Waals surface area contributed by atoms with Crippen LogP contribution in [0.4, 0.5) is 0 Å². The summed E-state index contributed by atoms with van der Waals surface area (Å²) >= 11 is 0. The SMILES string of the molecule is CC(C)c1cc(C#Cc2ccc(-c3ccccc3C(=O)O)cc2)ccc1Cn1ccnc1. The van der Waals surface area contributed by atoms with Gasteiger partial charge in [-0.3, -0.25) is 0 Å². The molecule has 4 nitrogen and oxygen atoms in total. The number of benzene rings is 3. The topological polar surface area (TPSA) is 55.1 Å². The molecule has 0 aliphatic rings.